The third kappa shape index (κ3) is 3.43. The number of aliphatic hydroxyl groups excluding tert-OH is 1. The number of carbonyl (C=O) groups is 1. The molecule has 1 aliphatic heterocycles. The van der Waals surface area contributed by atoms with Crippen LogP contribution in [0, 0.1) is 5.92 Å². The zero-order valence-electron chi connectivity index (χ0n) is 13.1. The fraction of sp³-hybridized carbons (Fsp3) is 0.611. The number of benzene rings is 1. The van der Waals surface area contributed by atoms with E-state index in [1.807, 2.05) is 4.90 Å². The summed E-state index contributed by atoms with van der Waals surface area (Å²) in [6.45, 7) is 2.39. The number of urea groups is 1. The molecule has 4 heteroatoms. The minimum Gasteiger partial charge on any atom is -0.396 e. The molecule has 0 aromatic heterocycles. The monoisotopic (exact) mass is 302 g/mol. The van der Waals surface area contributed by atoms with E-state index in [0.717, 1.165) is 38.8 Å². The molecule has 2 amide bonds. The normalized spacial score (nSPS) is 24.7. The van der Waals surface area contributed by atoms with Crippen LogP contribution in [0.25, 0.3) is 0 Å². The molecule has 2 unspecified atom stereocenters. The Morgan fingerprint density at radius 3 is 3.00 bits per heavy atom. The molecule has 2 N–H and O–H groups in total. The molecule has 1 aromatic rings. The maximum atomic E-state index is 12.3. The average Bonchev–Trinajstić information content (AvgIpc) is 2.59. The molecular weight excluding hydrogens is 276 g/mol. The number of rotatable bonds is 3. The van der Waals surface area contributed by atoms with Gasteiger partial charge in [-0.25, -0.2) is 4.79 Å². The first-order valence-corrected chi connectivity index (χ1v) is 8.49. The summed E-state index contributed by atoms with van der Waals surface area (Å²) in [5.41, 5.74) is 2.84. The predicted molar refractivity (Wildman–Crippen MR) is 86.9 cm³/mol. The molecule has 0 radical (unpaired) electrons. The van der Waals surface area contributed by atoms with Crippen LogP contribution >= 0.6 is 0 Å². The van der Waals surface area contributed by atoms with Crippen LogP contribution in [0.5, 0.6) is 0 Å². The van der Waals surface area contributed by atoms with E-state index in [4.69, 9.17) is 0 Å². The van der Waals surface area contributed by atoms with E-state index in [0.29, 0.717) is 12.5 Å². The molecule has 22 heavy (non-hydrogen) atoms. The third-order valence-corrected chi connectivity index (χ3v) is 5.06. The molecule has 1 aliphatic carbocycles. The number of nitrogens with one attached hydrogen (secondary N) is 1. The number of likely N-dealkylation sites (tertiary alicyclic amines) is 1. The van der Waals surface area contributed by atoms with Crippen molar-refractivity contribution < 1.29 is 9.90 Å². The van der Waals surface area contributed by atoms with Crippen molar-refractivity contribution in [3.8, 4) is 0 Å². The van der Waals surface area contributed by atoms with Crippen molar-refractivity contribution in [2.45, 2.75) is 38.0 Å². The van der Waals surface area contributed by atoms with Crippen molar-refractivity contribution in [3.05, 3.63) is 35.4 Å². The van der Waals surface area contributed by atoms with Gasteiger partial charge in [0.1, 0.15) is 0 Å². The molecule has 2 atom stereocenters. The Morgan fingerprint density at radius 2 is 2.14 bits per heavy atom. The Labute approximate surface area is 132 Å². The zero-order chi connectivity index (χ0) is 15.4. The quantitative estimate of drug-likeness (QED) is 0.901. The second kappa shape index (κ2) is 7.14. The SMILES string of the molecule is O=C(NCC1CCCc2ccccc21)N1CCCC(CO)C1. The lowest BCUT2D eigenvalue weighted by atomic mass is 9.83. The molecule has 120 valence electrons. The minimum absolute atomic E-state index is 0.0289. The van der Waals surface area contributed by atoms with Gasteiger partial charge in [0.25, 0.3) is 0 Å². The summed E-state index contributed by atoms with van der Waals surface area (Å²) < 4.78 is 0. The van der Waals surface area contributed by atoms with Crippen LogP contribution in [0.4, 0.5) is 4.79 Å². The molecule has 1 saturated heterocycles. The summed E-state index contributed by atoms with van der Waals surface area (Å²) >= 11 is 0. The van der Waals surface area contributed by atoms with Crippen LogP contribution in [-0.2, 0) is 6.42 Å². The molecule has 3 rings (SSSR count). The summed E-state index contributed by atoms with van der Waals surface area (Å²) in [6.07, 6.45) is 5.52. The zero-order valence-corrected chi connectivity index (χ0v) is 13.1. The van der Waals surface area contributed by atoms with Crippen LogP contribution in [0.2, 0.25) is 0 Å². The Hall–Kier alpha value is -1.55. The topological polar surface area (TPSA) is 52.6 Å². The fourth-order valence-corrected chi connectivity index (χ4v) is 3.79. The van der Waals surface area contributed by atoms with Gasteiger partial charge in [0.2, 0.25) is 0 Å². The molecule has 1 fully saturated rings. The number of hydrogen-bond acceptors (Lipinski definition) is 2. The minimum atomic E-state index is 0.0289. The van der Waals surface area contributed by atoms with E-state index in [1.165, 1.54) is 17.5 Å². The number of nitrogens with zero attached hydrogens (tertiary/aromatic N) is 1. The number of hydrogen-bond donors (Lipinski definition) is 2. The Kier molecular flexibility index (Phi) is 4.98. The van der Waals surface area contributed by atoms with E-state index >= 15 is 0 Å². The Balaban J connectivity index is 1.55. The molecule has 1 aromatic carbocycles. The first kappa shape index (κ1) is 15.3. The molecule has 0 saturated carbocycles. The van der Waals surface area contributed by atoms with Gasteiger partial charge >= 0.3 is 6.03 Å². The number of amides is 2. The third-order valence-electron chi connectivity index (χ3n) is 5.06. The highest BCUT2D eigenvalue weighted by molar-refractivity contribution is 5.74. The maximum absolute atomic E-state index is 12.3. The highest BCUT2D eigenvalue weighted by atomic mass is 16.3. The number of piperidine rings is 1. The molecule has 4 nitrogen and oxygen atoms in total. The van der Waals surface area contributed by atoms with Gasteiger partial charge < -0.3 is 15.3 Å². The largest absolute Gasteiger partial charge is 0.396 e. The second-order valence-corrected chi connectivity index (χ2v) is 6.61. The number of aliphatic hydroxyl groups is 1. The lowest BCUT2D eigenvalue weighted by molar-refractivity contribution is 0.129. The maximum Gasteiger partial charge on any atom is 0.317 e. The van der Waals surface area contributed by atoms with Crippen molar-refractivity contribution in [2.75, 3.05) is 26.2 Å². The van der Waals surface area contributed by atoms with E-state index < -0.39 is 0 Å². The van der Waals surface area contributed by atoms with Crippen molar-refractivity contribution >= 4 is 6.03 Å². The van der Waals surface area contributed by atoms with Crippen molar-refractivity contribution in [3.63, 3.8) is 0 Å². The van der Waals surface area contributed by atoms with Gasteiger partial charge in [-0.15, -0.1) is 0 Å². The van der Waals surface area contributed by atoms with E-state index in [1.54, 1.807) is 0 Å². The highest BCUT2D eigenvalue weighted by Crippen LogP contribution is 2.30. The van der Waals surface area contributed by atoms with Crippen LogP contribution in [0.1, 0.15) is 42.7 Å². The van der Waals surface area contributed by atoms with Crippen LogP contribution < -0.4 is 5.32 Å². The van der Waals surface area contributed by atoms with Gasteiger partial charge in [-0.05, 0) is 49.1 Å². The Bertz CT molecular complexity index is 518. The summed E-state index contributed by atoms with van der Waals surface area (Å²) in [7, 11) is 0. The molecule has 2 aliphatic rings. The number of fused-ring (bicyclic) bond motifs is 1. The molecule has 0 bridgehead atoms. The summed E-state index contributed by atoms with van der Waals surface area (Å²) in [5.74, 6) is 0.683. The lowest BCUT2D eigenvalue weighted by Gasteiger charge is -2.33. The first-order chi connectivity index (χ1) is 10.8. The predicted octanol–water partition coefficient (Wildman–Crippen LogP) is 2.52. The fourth-order valence-electron chi connectivity index (χ4n) is 3.79. The van der Waals surface area contributed by atoms with Gasteiger partial charge in [-0.2, -0.15) is 0 Å². The van der Waals surface area contributed by atoms with Gasteiger partial charge in [0.05, 0.1) is 0 Å². The highest BCUT2D eigenvalue weighted by Gasteiger charge is 2.25. The van der Waals surface area contributed by atoms with Crippen LogP contribution in [0.3, 0.4) is 0 Å². The van der Waals surface area contributed by atoms with Crippen molar-refractivity contribution in [1.82, 2.24) is 10.2 Å². The summed E-state index contributed by atoms with van der Waals surface area (Å²) in [6, 6.07) is 8.63. The summed E-state index contributed by atoms with van der Waals surface area (Å²) in [5, 5.41) is 12.4. The molecular formula is C18H26N2O2. The number of aryl methyl sites for hydroxylation is 1. The van der Waals surface area contributed by atoms with Gasteiger partial charge in [-0.3, -0.25) is 0 Å². The van der Waals surface area contributed by atoms with Crippen molar-refractivity contribution in [2.24, 2.45) is 5.92 Å². The first-order valence-electron chi connectivity index (χ1n) is 8.49. The molecule has 0 spiro atoms. The second-order valence-electron chi connectivity index (χ2n) is 6.61. The smallest absolute Gasteiger partial charge is 0.317 e. The van der Waals surface area contributed by atoms with E-state index in [9.17, 15) is 9.90 Å². The summed E-state index contributed by atoms with van der Waals surface area (Å²) in [4.78, 5) is 14.2. The molecule has 1 heterocycles. The van der Waals surface area contributed by atoms with Gasteiger partial charge in [0, 0.05) is 32.2 Å². The van der Waals surface area contributed by atoms with Crippen molar-refractivity contribution in [1.29, 1.82) is 0 Å². The van der Waals surface area contributed by atoms with E-state index in [-0.39, 0.29) is 18.6 Å². The number of carbonyl (C=O) groups excluding carboxylic acids is 1. The van der Waals surface area contributed by atoms with Gasteiger partial charge in [0.15, 0.2) is 0 Å². The average molecular weight is 302 g/mol. The lowest BCUT2D eigenvalue weighted by Crippen LogP contribution is -2.47. The van der Waals surface area contributed by atoms with E-state index in [2.05, 4.69) is 29.6 Å². The van der Waals surface area contributed by atoms with Crippen LogP contribution in [0.15, 0.2) is 24.3 Å². The van der Waals surface area contributed by atoms with Gasteiger partial charge in [-0.1, -0.05) is 24.3 Å². The Morgan fingerprint density at radius 1 is 1.27 bits per heavy atom. The standard InChI is InChI=1S/C18H26N2O2/c21-13-14-5-4-10-20(12-14)18(22)19-11-16-8-3-7-15-6-1-2-9-17(15)16/h1-2,6,9,14,16,21H,3-5,7-8,10-13H2,(H,19,22). The van der Waals surface area contributed by atoms with Crippen LogP contribution in [-0.4, -0.2) is 42.3 Å².